The fourth-order valence-electron chi connectivity index (χ4n) is 0.629. The molecule has 0 fully saturated rings. The van der Waals surface area contributed by atoms with Crippen molar-refractivity contribution in [3.05, 3.63) is 22.7 Å². The van der Waals surface area contributed by atoms with Gasteiger partial charge in [0.05, 0.1) is 5.02 Å². The largest absolute Gasteiger partial charge is 0.503 e. The molecule has 0 bridgehead atoms. The second-order valence-electron chi connectivity index (χ2n) is 1.95. The molecule has 66 valence electrons. The third-order valence-corrected chi connectivity index (χ3v) is 1.45. The van der Waals surface area contributed by atoms with Crippen LogP contribution in [0, 0.1) is 5.82 Å². The predicted molar refractivity (Wildman–Crippen MR) is 35.8 cm³/mol. The number of pyridine rings is 1. The number of halogens is 4. The summed E-state index contributed by atoms with van der Waals surface area (Å²) in [7, 11) is 0. The van der Waals surface area contributed by atoms with Crippen LogP contribution >= 0.6 is 11.6 Å². The molecule has 0 aromatic carbocycles. The molecular formula is C6H3ClF3NO. The van der Waals surface area contributed by atoms with Gasteiger partial charge in [0.15, 0.2) is 17.3 Å². The minimum absolute atomic E-state index is 0.489. The van der Waals surface area contributed by atoms with Gasteiger partial charge in [-0.3, -0.25) is 0 Å². The molecule has 0 aliphatic carbocycles. The van der Waals surface area contributed by atoms with E-state index in [1.54, 1.807) is 0 Å². The summed E-state index contributed by atoms with van der Waals surface area (Å²) in [6.45, 7) is 0. The van der Waals surface area contributed by atoms with E-state index in [1.165, 1.54) is 0 Å². The van der Waals surface area contributed by atoms with Gasteiger partial charge in [0.25, 0.3) is 6.43 Å². The van der Waals surface area contributed by atoms with E-state index in [0.717, 1.165) is 6.20 Å². The molecule has 1 aromatic heterocycles. The molecular weight excluding hydrogens is 195 g/mol. The molecule has 1 N–H and O–H groups in total. The summed E-state index contributed by atoms with van der Waals surface area (Å²) in [5.74, 6) is -2.47. The zero-order valence-electron chi connectivity index (χ0n) is 5.56. The van der Waals surface area contributed by atoms with Crippen LogP contribution in [0.25, 0.3) is 0 Å². The second-order valence-corrected chi connectivity index (χ2v) is 2.36. The van der Waals surface area contributed by atoms with E-state index in [1.807, 2.05) is 0 Å². The van der Waals surface area contributed by atoms with Crippen LogP contribution < -0.4 is 0 Å². The van der Waals surface area contributed by atoms with Crippen LogP contribution in [0.5, 0.6) is 5.75 Å². The lowest BCUT2D eigenvalue weighted by Crippen LogP contribution is -1.93. The van der Waals surface area contributed by atoms with E-state index < -0.39 is 28.7 Å². The molecule has 1 heterocycles. The lowest BCUT2D eigenvalue weighted by atomic mass is 10.3. The highest BCUT2D eigenvalue weighted by molar-refractivity contribution is 6.30. The molecule has 0 atom stereocenters. The molecule has 0 saturated carbocycles. The van der Waals surface area contributed by atoms with Gasteiger partial charge in [0.1, 0.15) is 0 Å². The Morgan fingerprint density at radius 2 is 2.08 bits per heavy atom. The summed E-state index contributed by atoms with van der Waals surface area (Å²) in [6.07, 6.45) is -2.30. The highest BCUT2D eigenvalue weighted by atomic mass is 35.5. The quantitative estimate of drug-likeness (QED) is 0.751. The van der Waals surface area contributed by atoms with E-state index in [-0.39, 0.29) is 0 Å². The molecule has 6 heteroatoms. The Bertz CT molecular complexity index is 305. The molecule has 0 spiro atoms. The number of hydrogen-bond donors (Lipinski definition) is 1. The highest BCUT2D eigenvalue weighted by Gasteiger charge is 2.19. The Balaban J connectivity index is 3.27. The van der Waals surface area contributed by atoms with Crippen molar-refractivity contribution in [3.8, 4) is 5.75 Å². The van der Waals surface area contributed by atoms with Crippen LogP contribution in [0.4, 0.5) is 13.2 Å². The lowest BCUT2D eigenvalue weighted by Gasteiger charge is -2.03. The first-order valence-corrected chi connectivity index (χ1v) is 3.23. The first-order valence-electron chi connectivity index (χ1n) is 2.85. The maximum atomic E-state index is 12.6. The predicted octanol–water partition coefficient (Wildman–Crippen LogP) is 2.52. The molecule has 2 nitrogen and oxygen atoms in total. The maximum Gasteiger partial charge on any atom is 0.284 e. The van der Waals surface area contributed by atoms with Gasteiger partial charge in [-0.1, -0.05) is 11.6 Å². The van der Waals surface area contributed by atoms with Gasteiger partial charge in [-0.2, -0.15) is 0 Å². The molecule has 0 aliphatic rings. The topological polar surface area (TPSA) is 33.1 Å². The van der Waals surface area contributed by atoms with E-state index in [0.29, 0.717) is 0 Å². The fraction of sp³-hybridized carbons (Fsp3) is 0.167. The van der Waals surface area contributed by atoms with Crippen molar-refractivity contribution in [3.63, 3.8) is 0 Å². The number of alkyl halides is 2. The zero-order chi connectivity index (χ0) is 9.30. The fourth-order valence-corrected chi connectivity index (χ4v) is 0.768. The van der Waals surface area contributed by atoms with Crippen molar-refractivity contribution < 1.29 is 18.3 Å². The van der Waals surface area contributed by atoms with Crippen LogP contribution in [0.3, 0.4) is 0 Å². The van der Waals surface area contributed by atoms with Crippen LogP contribution in [-0.2, 0) is 0 Å². The van der Waals surface area contributed by atoms with Gasteiger partial charge >= 0.3 is 0 Å². The number of hydrogen-bond acceptors (Lipinski definition) is 2. The summed E-state index contributed by atoms with van der Waals surface area (Å²) in [5.41, 5.74) is -1.00. The van der Waals surface area contributed by atoms with E-state index in [2.05, 4.69) is 4.98 Å². The first kappa shape index (κ1) is 9.12. The van der Waals surface area contributed by atoms with Crippen molar-refractivity contribution in [2.45, 2.75) is 6.43 Å². The third-order valence-electron chi connectivity index (χ3n) is 1.18. The first-order chi connectivity index (χ1) is 5.54. The average molecular weight is 198 g/mol. The number of aromatic nitrogens is 1. The standard InChI is InChI=1S/C6H3ClF3NO/c7-2-1-11-4(6(9)10)5(12)3(2)8/h1,6,12H. The van der Waals surface area contributed by atoms with Crippen LogP contribution in [-0.4, -0.2) is 10.1 Å². The van der Waals surface area contributed by atoms with Gasteiger partial charge in [-0.25, -0.2) is 18.2 Å². The molecule has 0 radical (unpaired) electrons. The summed E-state index contributed by atoms with van der Waals surface area (Å²) < 4.78 is 36.4. The van der Waals surface area contributed by atoms with Gasteiger partial charge in [-0.05, 0) is 0 Å². The summed E-state index contributed by atoms with van der Waals surface area (Å²) in [5, 5.41) is 8.26. The number of rotatable bonds is 1. The third kappa shape index (κ3) is 1.45. The van der Waals surface area contributed by atoms with Crippen molar-refractivity contribution >= 4 is 11.6 Å². The van der Waals surface area contributed by atoms with Crippen LogP contribution in [0.2, 0.25) is 5.02 Å². The van der Waals surface area contributed by atoms with E-state index >= 15 is 0 Å². The monoisotopic (exact) mass is 197 g/mol. The molecule has 0 amide bonds. The maximum absolute atomic E-state index is 12.6. The number of nitrogens with zero attached hydrogens (tertiary/aromatic N) is 1. The number of aromatic hydroxyl groups is 1. The van der Waals surface area contributed by atoms with Crippen molar-refractivity contribution in [2.75, 3.05) is 0 Å². The van der Waals surface area contributed by atoms with Crippen molar-refractivity contribution in [1.82, 2.24) is 4.98 Å². The summed E-state index contributed by atoms with van der Waals surface area (Å²) in [6, 6.07) is 0. The Labute approximate surface area is 70.6 Å². The van der Waals surface area contributed by atoms with Crippen molar-refractivity contribution in [2.24, 2.45) is 0 Å². The Morgan fingerprint density at radius 3 is 2.58 bits per heavy atom. The molecule has 1 aromatic rings. The van der Waals surface area contributed by atoms with Crippen LogP contribution in [0.1, 0.15) is 12.1 Å². The van der Waals surface area contributed by atoms with Gasteiger partial charge in [0, 0.05) is 6.20 Å². The molecule has 0 unspecified atom stereocenters. The SMILES string of the molecule is Oc1c(C(F)F)ncc(Cl)c1F. The molecule has 0 saturated heterocycles. The van der Waals surface area contributed by atoms with Crippen LogP contribution in [0.15, 0.2) is 6.20 Å². The summed E-state index contributed by atoms with van der Waals surface area (Å²) in [4.78, 5) is 3.07. The highest BCUT2D eigenvalue weighted by Crippen LogP contribution is 2.31. The summed E-state index contributed by atoms with van der Waals surface area (Å²) >= 11 is 5.15. The minimum atomic E-state index is -3.02. The van der Waals surface area contributed by atoms with Gasteiger partial charge in [0.2, 0.25) is 0 Å². The Kier molecular flexibility index (Phi) is 2.42. The lowest BCUT2D eigenvalue weighted by molar-refractivity contribution is 0.140. The zero-order valence-corrected chi connectivity index (χ0v) is 6.32. The van der Waals surface area contributed by atoms with E-state index in [4.69, 9.17) is 16.7 Å². The van der Waals surface area contributed by atoms with Gasteiger partial charge < -0.3 is 5.11 Å². The second kappa shape index (κ2) is 3.18. The minimum Gasteiger partial charge on any atom is -0.503 e. The normalized spacial score (nSPS) is 10.8. The molecule has 12 heavy (non-hydrogen) atoms. The van der Waals surface area contributed by atoms with Crippen molar-refractivity contribution in [1.29, 1.82) is 0 Å². The molecule has 1 rings (SSSR count). The van der Waals surface area contributed by atoms with E-state index in [9.17, 15) is 13.2 Å². The smallest absolute Gasteiger partial charge is 0.284 e. The Morgan fingerprint density at radius 1 is 1.50 bits per heavy atom. The molecule has 0 aliphatic heterocycles. The van der Waals surface area contributed by atoms with Gasteiger partial charge in [-0.15, -0.1) is 0 Å². The Hall–Kier alpha value is -0.970. The average Bonchev–Trinajstić information content (AvgIpc) is 2.00.